The van der Waals surface area contributed by atoms with Gasteiger partial charge in [-0.2, -0.15) is 13.2 Å². The van der Waals surface area contributed by atoms with Crippen LogP contribution in [-0.2, 0) is 12.6 Å². The second-order valence-electron chi connectivity index (χ2n) is 6.46. The van der Waals surface area contributed by atoms with Crippen molar-refractivity contribution in [2.75, 3.05) is 12.4 Å². The van der Waals surface area contributed by atoms with Gasteiger partial charge in [0.15, 0.2) is 11.5 Å². The number of alkyl halides is 3. The fourth-order valence-electron chi connectivity index (χ4n) is 3.44. The molecule has 5 nitrogen and oxygen atoms in total. The lowest BCUT2D eigenvalue weighted by molar-refractivity contribution is -0.141. The number of aromatic nitrogens is 3. The molecular formula is C20H17F3N4O. The fourth-order valence-corrected chi connectivity index (χ4v) is 3.44. The van der Waals surface area contributed by atoms with Gasteiger partial charge in [-0.05, 0) is 42.2 Å². The van der Waals surface area contributed by atoms with E-state index in [1.165, 1.54) is 12.4 Å². The highest BCUT2D eigenvalue weighted by atomic mass is 19.4. The molecule has 0 bridgehead atoms. The molecular weight excluding hydrogens is 369 g/mol. The maximum Gasteiger partial charge on any atom is 0.433 e. The number of ether oxygens (including phenoxy) is 1. The van der Waals surface area contributed by atoms with Gasteiger partial charge >= 0.3 is 6.18 Å². The smallest absolute Gasteiger partial charge is 0.433 e. The molecule has 4 rings (SSSR count). The Morgan fingerprint density at radius 2 is 1.89 bits per heavy atom. The van der Waals surface area contributed by atoms with Crippen LogP contribution >= 0.6 is 0 Å². The lowest BCUT2D eigenvalue weighted by Gasteiger charge is -2.17. The van der Waals surface area contributed by atoms with Crippen LogP contribution in [0.1, 0.15) is 29.3 Å². The van der Waals surface area contributed by atoms with Crippen molar-refractivity contribution in [1.29, 1.82) is 0 Å². The van der Waals surface area contributed by atoms with Gasteiger partial charge in [0.2, 0.25) is 0 Å². The first-order valence-electron chi connectivity index (χ1n) is 8.74. The number of nitrogens with zero attached hydrogens (tertiary/aromatic N) is 3. The van der Waals surface area contributed by atoms with E-state index in [0.29, 0.717) is 5.56 Å². The highest BCUT2D eigenvalue weighted by molar-refractivity contribution is 5.58. The third-order valence-electron chi connectivity index (χ3n) is 4.72. The number of halogens is 3. The Balaban J connectivity index is 1.71. The Morgan fingerprint density at radius 3 is 2.61 bits per heavy atom. The van der Waals surface area contributed by atoms with Gasteiger partial charge in [-0.1, -0.05) is 12.1 Å². The molecule has 1 aliphatic carbocycles. The largest absolute Gasteiger partial charge is 0.496 e. The summed E-state index contributed by atoms with van der Waals surface area (Å²) in [4.78, 5) is 11.9. The summed E-state index contributed by atoms with van der Waals surface area (Å²) in [6.45, 7) is 0. The topological polar surface area (TPSA) is 59.9 Å². The predicted octanol–water partition coefficient (Wildman–Crippen LogP) is 4.67. The molecule has 0 amide bonds. The summed E-state index contributed by atoms with van der Waals surface area (Å²) >= 11 is 0. The second kappa shape index (κ2) is 7.10. The van der Waals surface area contributed by atoms with E-state index in [0.717, 1.165) is 35.8 Å². The molecule has 1 aliphatic rings. The van der Waals surface area contributed by atoms with Crippen LogP contribution in [0, 0.1) is 0 Å². The molecule has 1 aromatic carbocycles. The Hall–Kier alpha value is -3.16. The molecule has 0 aliphatic heterocycles. The summed E-state index contributed by atoms with van der Waals surface area (Å²) in [5.74, 6) is 0.927. The molecule has 0 spiro atoms. The van der Waals surface area contributed by atoms with Gasteiger partial charge in [-0.15, -0.1) is 0 Å². The minimum absolute atomic E-state index is 0.00332. The number of fused-ring (bicyclic) bond motifs is 1. The van der Waals surface area contributed by atoms with Gasteiger partial charge in [-0.3, -0.25) is 4.98 Å². The van der Waals surface area contributed by atoms with Crippen LogP contribution in [0.4, 0.5) is 19.0 Å². The van der Waals surface area contributed by atoms with Crippen LogP contribution in [-0.4, -0.2) is 22.1 Å². The fraction of sp³-hybridized carbons (Fsp3) is 0.250. The number of hydrogen-bond acceptors (Lipinski definition) is 5. The summed E-state index contributed by atoms with van der Waals surface area (Å²) in [5.41, 5.74) is 1.57. The second-order valence-corrected chi connectivity index (χ2v) is 6.46. The predicted molar refractivity (Wildman–Crippen MR) is 97.9 cm³/mol. The number of benzene rings is 1. The molecule has 0 saturated heterocycles. The molecule has 1 N–H and O–H groups in total. The summed E-state index contributed by atoms with van der Waals surface area (Å²) in [6.07, 6.45) is -0.0634. The average molecular weight is 386 g/mol. The van der Waals surface area contributed by atoms with Gasteiger partial charge in [0.25, 0.3) is 0 Å². The van der Waals surface area contributed by atoms with Crippen LogP contribution in [0.3, 0.4) is 0 Å². The van der Waals surface area contributed by atoms with Gasteiger partial charge in [-0.25, -0.2) is 9.97 Å². The van der Waals surface area contributed by atoms with Gasteiger partial charge in [0.1, 0.15) is 11.6 Å². The van der Waals surface area contributed by atoms with Crippen molar-refractivity contribution >= 4 is 5.82 Å². The summed E-state index contributed by atoms with van der Waals surface area (Å²) in [6, 6.07) is 9.67. The molecule has 8 heteroatoms. The Labute approximate surface area is 159 Å². The average Bonchev–Trinajstić information content (AvgIpc) is 3.11. The molecule has 3 aromatic rings. The van der Waals surface area contributed by atoms with Crippen LogP contribution < -0.4 is 10.1 Å². The highest BCUT2D eigenvalue weighted by Crippen LogP contribution is 2.39. The molecule has 2 aromatic heterocycles. The summed E-state index contributed by atoms with van der Waals surface area (Å²) in [7, 11) is 1.61. The normalized spacial score (nSPS) is 15.9. The number of nitrogens with one attached hydrogen (secondary N) is 1. The molecule has 0 saturated carbocycles. The van der Waals surface area contributed by atoms with E-state index in [2.05, 4.69) is 20.3 Å². The van der Waals surface area contributed by atoms with Crippen molar-refractivity contribution in [3.05, 3.63) is 65.6 Å². The lowest BCUT2D eigenvalue weighted by atomic mass is 10.1. The van der Waals surface area contributed by atoms with E-state index >= 15 is 0 Å². The zero-order chi connectivity index (χ0) is 19.7. The van der Waals surface area contributed by atoms with E-state index < -0.39 is 11.9 Å². The monoisotopic (exact) mass is 386 g/mol. The van der Waals surface area contributed by atoms with Crippen molar-refractivity contribution in [2.45, 2.75) is 25.1 Å². The van der Waals surface area contributed by atoms with E-state index in [9.17, 15) is 13.2 Å². The molecule has 28 heavy (non-hydrogen) atoms. The Kier molecular flexibility index (Phi) is 4.62. The van der Waals surface area contributed by atoms with E-state index in [4.69, 9.17) is 4.74 Å². The zero-order valence-electron chi connectivity index (χ0n) is 15.0. The molecule has 1 atom stereocenters. The minimum Gasteiger partial charge on any atom is -0.496 e. The lowest BCUT2D eigenvalue weighted by Crippen LogP contribution is -2.14. The van der Waals surface area contributed by atoms with Crippen LogP contribution in [0.2, 0.25) is 0 Å². The van der Waals surface area contributed by atoms with Crippen molar-refractivity contribution in [1.82, 2.24) is 15.0 Å². The third kappa shape index (κ3) is 3.49. The maximum atomic E-state index is 13.4. The van der Waals surface area contributed by atoms with Crippen LogP contribution in [0.25, 0.3) is 11.4 Å². The Bertz CT molecular complexity index is 992. The van der Waals surface area contributed by atoms with Crippen molar-refractivity contribution < 1.29 is 17.9 Å². The maximum absolute atomic E-state index is 13.4. The number of anilines is 1. The van der Waals surface area contributed by atoms with Crippen LogP contribution in [0.5, 0.6) is 5.75 Å². The summed E-state index contributed by atoms with van der Waals surface area (Å²) in [5, 5.41) is 3.15. The van der Waals surface area contributed by atoms with E-state index in [-0.39, 0.29) is 17.7 Å². The first-order chi connectivity index (χ1) is 13.5. The zero-order valence-corrected chi connectivity index (χ0v) is 15.0. The molecule has 0 fully saturated rings. The standard InChI is InChI=1S/C20H17F3N4O/c1-28-16-4-2-3-13-14(16)5-6-15(13)25-18-11-17(20(21,22)23)26-19(27-18)12-7-9-24-10-8-12/h2-4,7-11,15H,5-6H2,1H3,(H,25,26,27). The SMILES string of the molecule is COc1cccc2c1CCC2Nc1cc(C(F)(F)F)nc(-c2ccncc2)n1. The first-order valence-corrected chi connectivity index (χ1v) is 8.74. The van der Waals surface area contributed by atoms with Gasteiger partial charge in [0, 0.05) is 24.0 Å². The summed E-state index contributed by atoms with van der Waals surface area (Å²) < 4.78 is 45.5. The quantitative estimate of drug-likeness (QED) is 0.706. The molecule has 1 unspecified atom stereocenters. The Morgan fingerprint density at radius 1 is 1.11 bits per heavy atom. The van der Waals surface area contributed by atoms with E-state index in [1.807, 2.05) is 18.2 Å². The van der Waals surface area contributed by atoms with Gasteiger partial charge in [0.05, 0.1) is 13.2 Å². The number of methoxy groups -OCH3 is 1. The van der Waals surface area contributed by atoms with E-state index in [1.54, 1.807) is 19.2 Å². The number of hydrogen-bond donors (Lipinski definition) is 1. The first kappa shape index (κ1) is 18.2. The van der Waals surface area contributed by atoms with Gasteiger partial charge < -0.3 is 10.1 Å². The molecule has 2 heterocycles. The number of rotatable bonds is 4. The van der Waals surface area contributed by atoms with Crippen LogP contribution in [0.15, 0.2) is 48.8 Å². The minimum atomic E-state index is -4.57. The van der Waals surface area contributed by atoms with Crippen molar-refractivity contribution in [2.24, 2.45) is 0 Å². The highest BCUT2D eigenvalue weighted by Gasteiger charge is 2.34. The molecule has 144 valence electrons. The number of pyridine rings is 1. The third-order valence-corrected chi connectivity index (χ3v) is 4.72. The van der Waals surface area contributed by atoms with Crippen molar-refractivity contribution in [3.8, 4) is 17.1 Å². The van der Waals surface area contributed by atoms with Crippen molar-refractivity contribution in [3.63, 3.8) is 0 Å². The molecule has 0 radical (unpaired) electrons.